The predicted molar refractivity (Wildman–Crippen MR) is 116 cm³/mol. The van der Waals surface area contributed by atoms with Crippen molar-refractivity contribution < 1.29 is 14.3 Å². The Hall–Kier alpha value is -2.47. The SMILES string of the molecule is COc1ccccc1NC(=O)C(C)Sc1ccc(NC(=O)CC(C)(C)C)cc1. The Balaban J connectivity index is 1.92. The van der Waals surface area contributed by atoms with E-state index >= 15 is 0 Å². The number of hydrogen-bond acceptors (Lipinski definition) is 4. The van der Waals surface area contributed by atoms with Gasteiger partial charge in [0.15, 0.2) is 0 Å². The average molecular weight is 401 g/mol. The quantitative estimate of drug-likeness (QED) is 0.628. The second-order valence-corrected chi connectivity index (χ2v) is 9.17. The van der Waals surface area contributed by atoms with E-state index in [0.717, 1.165) is 10.6 Å². The van der Waals surface area contributed by atoms with E-state index in [2.05, 4.69) is 10.6 Å². The number of amides is 2. The normalized spacial score (nSPS) is 12.2. The fourth-order valence-corrected chi connectivity index (χ4v) is 3.41. The van der Waals surface area contributed by atoms with Gasteiger partial charge in [-0.25, -0.2) is 0 Å². The van der Waals surface area contributed by atoms with Gasteiger partial charge in [-0.05, 0) is 48.7 Å². The molecule has 0 aliphatic heterocycles. The highest BCUT2D eigenvalue weighted by atomic mass is 32.2. The van der Waals surface area contributed by atoms with Crippen molar-refractivity contribution in [1.82, 2.24) is 0 Å². The van der Waals surface area contributed by atoms with Crippen LogP contribution < -0.4 is 15.4 Å². The third-order valence-corrected chi connectivity index (χ3v) is 4.99. The number of hydrogen-bond donors (Lipinski definition) is 2. The number of carbonyl (C=O) groups excluding carboxylic acids is 2. The van der Waals surface area contributed by atoms with Crippen molar-refractivity contribution in [3.8, 4) is 5.75 Å². The van der Waals surface area contributed by atoms with Crippen LogP contribution in [0.5, 0.6) is 5.75 Å². The molecule has 0 aromatic heterocycles. The molecule has 5 nitrogen and oxygen atoms in total. The van der Waals surface area contributed by atoms with Crippen molar-refractivity contribution >= 4 is 35.0 Å². The van der Waals surface area contributed by atoms with E-state index < -0.39 is 0 Å². The van der Waals surface area contributed by atoms with E-state index in [9.17, 15) is 9.59 Å². The molecule has 1 atom stereocenters. The number of benzene rings is 2. The summed E-state index contributed by atoms with van der Waals surface area (Å²) < 4.78 is 5.26. The van der Waals surface area contributed by atoms with Gasteiger partial charge in [-0.2, -0.15) is 0 Å². The minimum atomic E-state index is -0.286. The molecule has 0 bridgehead atoms. The molecule has 150 valence electrons. The molecular weight excluding hydrogens is 372 g/mol. The van der Waals surface area contributed by atoms with Gasteiger partial charge >= 0.3 is 0 Å². The molecule has 2 N–H and O–H groups in total. The van der Waals surface area contributed by atoms with Crippen LogP contribution in [-0.2, 0) is 9.59 Å². The summed E-state index contributed by atoms with van der Waals surface area (Å²) >= 11 is 1.46. The predicted octanol–water partition coefficient (Wildman–Crippen LogP) is 5.19. The maximum Gasteiger partial charge on any atom is 0.237 e. The van der Waals surface area contributed by atoms with Crippen LogP contribution in [0.3, 0.4) is 0 Å². The molecule has 28 heavy (non-hydrogen) atoms. The fourth-order valence-electron chi connectivity index (χ4n) is 2.54. The Morgan fingerprint density at radius 3 is 2.29 bits per heavy atom. The molecule has 0 aliphatic rings. The van der Waals surface area contributed by atoms with Crippen molar-refractivity contribution in [2.45, 2.75) is 44.3 Å². The number of anilines is 2. The molecule has 0 saturated carbocycles. The zero-order valence-corrected chi connectivity index (χ0v) is 17.9. The molecule has 1 unspecified atom stereocenters. The summed E-state index contributed by atoms with van der Waals surface area (Å²) in [7, 11) is 1.57. The number of carbonyl (C=O) groups is 2. The number of ether oxygens (including phenoxy) is 1. The van der Waals surface area contributed by atoms with Gasteiger partial charge in [0.1, 0.15) is 5.75 Å². The summed E-state index contributed by atoms with van der Waals surface area (Å²) in [5.41, 5.74) is 1.36. The first-order valence-electron chi connectivity index (χ1n) is 9.18. The zero-order chi connectivity index (χ0) is 20.7. The summed E-state index contributed by atoms with van der Waals surface area (Å²) in [5, 5.41) is 5.52. The number of nitrogens with one attached hydrogen (secondary N) is 2. The lowest BCUT2D eigenvalue weighted by Gasteiger charge is -2.17. The summed E-state index contributed by atoms with van der Waals surface area (Å²) in [6, 6.07) is 14.8. The molecule has 0 spiro atoms. The lowest BCUT2D eigenvalue weighted by molar-refractivity contribution is -0.118. The Bertz CT molecular complexity index is 813. The zero-order valence-electron chi connectivity index (χ0n) is 17.0. The molecule has 0 radical (unpaired) electrons. The minimum absolute atomic E-state index is 0.00235. The topological polar surface area (TPSA) is 67.4 Å². The van der Waals surface area contributed by atoms with Gasteiger partial charge < -0.3 is 15.4 Å². The first-order chi connectivity index (χ1) is 13.2. The smallest absolute Gasteiger partial charge is 0.237 e. The fraction of sp³-hybridized carbons (Fsp3) is 0.364. The van der Waals surface area contributed by atoms with Crippen LogP contribution in [0.1, 0.15) is 34.1 Å². The lowest BCUT2D eigenvalue weighted by Crippen LogP contribution is -2.22. The monoisotopic (exact) mass is 400 g/mol. The summed E-state index contributed by atoms with van der Waals surface area (Å²) in [5.74, 6) is 0.526. The van der Waals surface area contributed by atoms with Gasteiger partial charge in [-0.15, -0.1) is 11.8 Å². The van der Waals surface area contributed by atoms with E-state index in [1.54, 1.807) is 13.2 Å². The van der Waals surface area contributed by atoms with Gasteiger partial charge in [0.05, 0.1) is 18.0 Å². The third-order valence-electron chi connectivity index (χ3n) is 3.88. The van der Waals surface area contributed by atoms with E-state index in [0.29, 0.717) is 17.9 Å². The Labute approximate surface area is 171 Å². The van der Waals surface area contributed by atoms with Crippen molar-refractivity contribution in [1.29, 1.82) is 0 Å². The highest BCUT2D eigenvalue weighted by Gasteiger charge is 2.17. The molecule has 2 aromatic carbocycles. The average Bonchev–Trinajstić information content (AvgIpc) is 2.62. The number of methoxy groups -OCH3 is 1. The standard InChI is InChI=1S/C22H28N2O3S/c1-15(21(26)24-18-8-6-7-9-19(18)27-5)28-17-12-10-16(11-13-17)23-20(25)14-22(2,3)4/h6-13,15H,14H2,1-5H3,(H,23,25)(H,24,26). The molecule has 0 aliphatic carbocycles. The molecule has 0 heterocycles. The van der Waals surface area contributed by atoms with Crippen LogP contribution in [0.4, 0.5) is 11.4 Å². The molecule has 0 fully saturated rings. The first-order valence-corrected chi connectivity index (χ1v) is 10.1. The van der Waals surface area contributed by atoms with Crippen LogP contribution in [0.25, 0.3) is 0 Å². The van der Waals surface area contributed by atoms with Gasteiger partial charge in [-0.3, -0.25) is 9.59 Å². The van der Waals surface area contributed by atoms with E-state index in [1.165, 1.54) is 11.8 Å². The highest BCUT2D eigenvalue weighted by molar-refractivity contribution is 8.00. The lowest BCUT2D eigenvalue weighted by atomic mass is 9.92. The van der Waals surface area contributed by atoms with Crippen LogP contribution in [0, 0.1) is 5.41 Å². The van der Waals surface area contributed by atoms with Crippen LogP contribution in [-0.4, -0.2) is 24.2 Å². The molecule has 2 amide bonds. The Morgan fingerprint density at radius 2 is 1.68 bits per heavy atom. The summed E-state index contributed by atoms with van der Waals surface area (Å²) in [4.78, 5) is 25.5. The molecule has 0 saturated heterocycles. The van der Waals surface area contributed by atoms with Gasteiger partial charge in [0.2, 0.25) is 11.8 Å². The minimum Gasteiger partial charge on any atom is -0.495 e. The number of thioether (sulfide) groups is 1. The van der Waals surface area contributed by atoms with E-state index in [4.69, 9.17) is 4.74 Å². The molecular formula is C22H28N2O3S. The number of rotatable bonds is 7. The largest absolute Gasteiger partial charge is 0.495 e. The molecule has 2 rings (SSSR count). The highest BCUT2D eigenvalue weighted by Crippen LogP contribution is 2.28. The van der Waals surface area contributed by atoms with Crippen molar-refractivity contribution in [2.75, 3.05) is 17.7 Å². The van der Waals surface area contributed by atoms with Crippen LogP contribution >= 0.6 is 11.8 Å². The van der Waals surface area contributed by atoms with Crippen molar-refractivity contribution in [2.24, 2.45) is 5.41 Å². The first kappa shape index (κ1) is 21.8. The summed E-state index contributed by atoms with van der Waals surface area (Å²) in [6.45, 7) is 7.95. The second-order valence-electron chi connectivity index (χ2n) is 7.76. The Kier molecular flexibility index (Phi) is 7.52. The van der Waals surface area contributed by atoms with Crippen LogP contribution in [0.15, 0.2) is 53.4 Å². The van der Waals surface area contributed by atoms with Gasteiger partial charge in [0.25, 0.3) is 0 Å². The van der Waals surface area contributed by atoms with Gasteiger partial charge in [-0.1, -0.05) is 32.9 Å². The Morgan fingerprint density at radius 1 is 1.04 bits per heavy atom. The van der Waals surface area contributed by atoms with E-state index in [-0.39, 0.29) is 22.5 Å². The third kappa shape index (κ3) is 6.93. The maximum atomic E-state index is 12.5. The van der Waals surface area contributed by atoms with Gasteiger partial charge in [0, 0.05) is 17.0 Å². The molecule has 2 aromatic rings. The maximum absolute atomic E-state index is 12.5. The van der Waals surface area contributed by atoms with E-state index in [1.807, 2.05) is 70.2 Å². The van der Waals surface area contributed by atoms with Crippen LogP contribution in [0.2, 0.25) is 0 Å². The molecule has 6 heteroatoms. The number of para-hydroxylation sites is 2. The second kappa shape index (κ2) is 9.64. The summed E-state index contributed by atoms with van der Waals surface area (Å²) in [6.07, 6.45) is 0.462. The van der Waals surface area contributed by atoms with Crippen molar-refractivity contribution in [3.63, 3.8) is 0 Å². The van der Waals surface area contributed by atoms with Crippen molar-refractivity contribution in [3.05, 3.63) is 48.5 Å².